The van der Waals surface area contributed by atoms with Gasteiger partial charge < -0.3 is 13.9 Å². The minimum Gasteiger partial charge on any atom is -0.497 e. The van der Waals surface area contributed by atoms with Crippen LogP contribution in [-0.2, 0) is 4.74 Å². The highest BCUT2D eigenvalue weighted by atomic mass is 16.5. The number of fused-ring (bicyclic) bond motifs is 1. The van der Waals surface area contributed by atoms with Crippen LogP contribution in [0.25, 0.3) is 11.0 Å². The molecule has 0 atom stereocenters. The summed E-state index contributed by atoms with van der Waals surface area (Å²) in [5.74, 6) is 0.0262. The van der Waals surface area contributed by atoms with Crippen molar-refractivity contribution < 1.29 is 18.7 Å². The molecular formula is C17H18O5. The fourth-order valence-electron chi connectivity index (χ4n) is 2.77. The Morgan fingerprint density at radius 1 is 1.18 bits per heavy atom. The topological polar surface area (TPSA) is 65.7 Å². The first-order valence-electron chi connectivity index (χ1n) is 7.50. The molecule has 1 aliphatic rings. The quantitative estimate of drug-likeness (QED) is 0.643. The van der Waals surface area contributed by atoms with Gasteiger partial charge in [-0.3, -0.25) is 0 Å². The Labute approximate surface area is 127 Å². The number of benzene rings is 1. The smallest absolute Gasteiger partial charge is 0.351 e. The minimum absolute atomic E-state index is 0.0636. The number of rotatable bonds is 3. The van der Waals surface area contributed by atoms with Crippen molar-refractivity contribution in [2.45, 2.75) is 38.2 Å². The SMILES string of the molecule is COc1ccc2oc(=O)c(C(=O)OC3CCCCC3)cc2c1. The molecule has 5 heteroatoms. The second-order valence-corrected chi connectivity index (χ2v) is 5.52. The summed E-state index contributed by atoms with van der Waals surface area (Å²) in [7, 11) is 1.55. The summed E-state index contributed by atoms with van der Waals surface area (Å²) in [6.07, 6.45) is 4.91. The number of esters is 1. The fraction of sp³-hybridized carbons (Fsp3) is 0.412. The maximum absolute atomic E-state index is 12.2. The van der Waals surface area contributed by atoms with E-state index in [-0.39, 0.29) is 11.7 Å². The molecule has 0 aliphatic heterocycles. The fourth-order valence-corrected chi connectivity index (χ4v) is 2.77. The van der Waals surface area contributed by atoms with E-state index in [9.17, 15) is 9.59 Å². The third kappa shape index (κ3) is 2.98. The summed E-state index contributed by atoms with van der Waals surface area (Å²) >= 11 is 0. The molecule has 0 unspecified atom stereocenters. The first kappa shape index (κ1) is 14.6. The Morgan fingerprint density at radius 2 is 1.95 bits per heavy atom. The summed E-state index contributed by atoms with van der Waals surface area (Å²) < 4.78 is 15.8. The molecule has 2 aromatic rings. The largest absolute Gasteiger partial charge is 0.497 e. The molecule has 1 heterocycles. The predicted molar refractivity (Wildman–Crippen MR) is 81.3 cm³/mol. The van der Waals surface area contributed by atoms with E-state index in [1.54, 1.807) is 25.3 Å². The van der Waals surface area contributed by atoms with Gasteiger partial charge in [-0.05, 0) is 49.9 Å². The maximum atomic E-state index is 12.2. The third-order valence-electron chi connectivity index (χ3n) is 3.99. The predicted octanol–water partition coefficient (Wildman–Crippen LogP) is 3.29. The van der Waals surface area contributed by atoms with Crippen molar-refractivity contribution in [2.75, 3.05) is 7.11 Å². The van der Waals surface area contributed by atoms with Crippen LogP contribution in [0.5, 0.6) is 5.75 Å². The molecule has 1 aliphatic carbocycles. The summed E-state index contributed by atoms with van der Waals surface area (Å²) in [4.78, 5) is 24.2. The van der Waals surface area contributed by atoms with Crippen molar-refractivity contribution in [1.29, 1.82) is 0 Å². The van der Waals surface area contributed by atoms with Gasteiger partial charge >= 0.3 is 11.6 Å². The Kier molecular flexibility index (Phi) is 4.13. The summed E-state index contributed by atoms with van der Waals surface area (Å²) in [5, 5.41) is 0.634. The molecule has 0 amide bonds. The molecule has 0 bridgehead atoms. The lowest BCUT2D eigenvalue weighted by Crippen LogP contribution is -2.24. The van der Waals surface area contributed by atoms with Crippen molar-refractivity contribution in [2.24, 2.45) is 0 Å². The van der Waals surface area contributed by atoms with Crippen molar-refractivity contribution in [3.05, 3.63) is 40.2 Å². The van der Waals surface area contributed by atoms with E-state index in [0.29, 0.717) is 16.7 Å². The Morgan fingerprint density at radius 3 is 2.68 bits per heavy atom. The molecular weight excluding hydrogens is 284 g/mol. The summed E-state index contributed by atoms with van der Waals surface area (Å²) in [6.45, 7) is 0. The summed E-state index contributed by atoms with van der Waals surface area (Å²) in [6, 6.07) is 6.57. The van der Waals surface area contributed by atoms with E-state index in [0.717, 1.165) is 25.7 Å². The van der Waals surface area contributed by atoms with Crippen molar-refractivity contribution in [3.8, 4) is 5.75 Å². The van der Waals surface area contributed by atoms with E-state index in [1.165, 1.54) is 12.5 Å². The van der Waals surface area contributed by atoms with E-state index in [1.807, 2.05) is 0 Å². The standard InChI is InChI=1S/C17H18O5/c1-20-13-7-8-15-11(9-13)10-14(17(19)22-15)16(18)21-12-5-3-2-4-6-12/h7-10,12H,2-6H2,1H3. The van der Waals surface area contributed by atoms with Crippen LogP contribution >= 0.6 is 0 Å². The zero-order valence-electron chi connectivity index (χ0n) is 12.5. The lowest BCUT2D eigenvalue weighted by molar-refractivity contribution is 0.0207. The van der Waals surface area contributed by atoms with Crippen LogP contribution in [0.1, 0.15) is 42.5 Å². The van der Waals surface area contributed by atoms with Crippen molar-refractivity contribution >= 4 is 16.9 Å². The maximum Gasteiger partial charge on any atom is 0.351 e. The van der Waals surface area contributed by atoms with Crippen LogP contribution in [0, 0.1) is 0 Å². The van der Waals surface area contributed by atoms with Gasteiger partial charge in [0, 0.05) is 5.39 Å². The minimum atomic E-state index is -0.668. The number of carbonyl (C=O) groups excluding carboxylic acids is 1. The molecule has 1 aromatic carbocycles. The van der Waals surface area contributed by atoms with Crippen LogP contribution in [0.3, 0.4) is 0 Å². The molecule has 116 valence electrons. The molecule has 22 heavy (non-hydrogen) atoms. The summed E-state index contributed by atoms with van der Waals surface area (Å²) in [5.41, 5.74) is -0.315. The van der Waals surface area contributed by atoms with Gasteiger partial charge in [0.2, 0.25) is 0 Å². The molecule has 3 rings (SSSR count). The average Bonchev–Trinajstić information content (AvgIpc) is 2.54. The highest BCUT2D eigenvalue weighted by Gasteiger charge is 2.21. The van der Waals surface area contributed by atoms with Crippen molar-refractivity contribution in [1.82, 2.24) is 0 Å². The second-order valence-electron chi connectivity index (χ2n) is 5.52. The monoisotopic (exact) mass is 302 g/mol. The molecule has 1 saturated carbocycles. The van der Waals surface area contributed by atoms with Gasteiger partial charge in [-0.2, -0.15) is 0 Å². The van der Waals surface area contributed by atoms with Gasteiger partial charge in [-0.15, -0.1) is 0 Å². The van der Waals surface area contributed by atoms with Gasteiger partial charge in [0.05, 0.1) is 7.11 Å². The third-order valence-corrected chi connectivity index (χ3v) is 3.99. The Hall–Kier alpha value is -2.30. The lowest BCUT2D eigenvalue weighted by atomic mass is 9.98. The highest BCUT2D eigenvalue weighted by Crippen LogP contribution is 2.23. The number of ether oxygens (including phenoxy) is 2. The molecule has 0 spiro atoms. The molecule has 0 saturated heterocycles. The molecule has 1 aromatic heterocycles. The van der Waals surface area contributed by atoms with E-state index in [4.69, 9.17) is 13.9 Å². The van der Waals surface area contributed by atoms with Crippen molar-refractivity contribution in [3.63, 3.8) is 0 Å². The van der Waals surface area contributed by atoms with Crippen LogP contribution in [0.2, 0.25) is 0 Å². The van der Waals surface area contributed by atoms with Gasteiger partial charge in [0.1, 0.15) is 23.0 Å². The van der Waals surface area contributed by atoms with Crippen LogP contribution in [0.15, 0.2) is 33.5 Å². The van der Waals surface area contributed by atoms with Gasteiger partial charge in [0.15, 0.2) is 0 Å². The van der Waals surface area contributed by atoms with Gasteiger partial charge in [-0.1, -0.05) is 6.42 Å². The highest BCUT2D eigenvalue weighted by molar-refractivity contribution is 5.93. The lowest BCUT2D eigenvalue weighted by Gasteiger charge is -2.21. The van der Waals surface area contributed by atoms with Crippen LogP contribution in [-0.4, -0.2) is 19.2 Å². The Balaban J connectivity index is 1.89. The average molecular weight is 302 g/mol. The molecule has 0 N–H and O–H groups in total. The second kappa shape index (κ2) is 6.22. The zero-order valence-corrected chi connectivity index (χ0v) is 12.5. The van der Waals surface area contributed by atoms with E-state index < -0.39 is 11.6 Å². The number of hydrogen-bond donors (Lipinski definition) is 0. The molecule has 1 fully saturated rings. The van der Waals surface area contributed by atoms with E-state index >= 15 is 0 Å². The number of carbonyl (C=O) groups is 1. The number of hydrogen-bond acceptors (Lipinski definition) is 5. The first-order valence-corrected chi connectivity index (χ1v) is 7.50. The zero-order chi connectivity index (χ0) is 15.5. The molecule has 0 radical (unpaired) electrons. The normalized spacial score (nSPS) is 15.7. The Bertz CT molecular complexity index is 740. The van der Waals surface area contributed by atoms with E-state index in [2.05, 4.69) is 0 Å². The van der Waals surface area contributed by atoms with Gasteiger partial charge in [0.25, 0.3) is 0 Å². The first-order chi connectivity index (χ1) is 10.7. The molecule has 5 nitrogen and oxygen atoms in total. The van der Waals surface area contributed by atoms with Crippen LogP contribution in [0.4, 0.5) is 0 Å². The van der Waals surface area contributed by atoms with Gasteiger partial charge in [-0.25, -0.2) is 9.59 Å². The number of methoxy groups -OCH3 is 1. The van der Waals surface area contributed by atoms with Crippen LogP contribution < -0.4 is 10.4 Å².